The van der Waals surface area contributed by atoms with Crippen LogP contribution >= 0.6 is 0 Å². The van der Waals surface area contributed by atoms with Crippen LogP contribution in [0.25, 0.3) is 0 Å². The van der Waals surface area contributed by atoms with E-state index in [0.29, 0.717) is 12.5 Å². The SMILES string of the molecule is CNC(c1ccc2c(c1)CC(=O)N2C)C1CC1C. The molecule has 0 radical (unpaired) electrons. The van der Waals surface area contributed by atoms with Gasteiger partial charge in [0.1, 0.15) is 0 Å². The van der Waals surface area contributed by atoms with Crippen molar-refractivity contribution in [3.05, 3.63) is 29.3 Å². The number of likely N-dealkylation sites (N-methyl/N-ethyl adjacent to an activating group) is 1. The number of anilines is 1. The van der Waals surface area contributed by atoms with Gasteiger partial charge in [-0.1, -0.05) is 19.1 Å². The Bertz CT molecular complexity index is 497. The van der Waals surface area contributed by atoms with E-state index in [0.717, 1.165) is 17.5 Å². The Morgan fingerprint density at radius 3 is 2.78 bits per heavy atom. The van der Waals surface area contributed by atoms with E-state index < -0.39 is 0 Å². The van der Waals surface area contributed by atoms with Crippen molar-refractivity contribution in [1.29, 1.82) is 0 Å². The summed E-state index contributed by atoms with van der Waals surface area (Å²) in [7, 11) is 3.88. The fraction of sp³-hybridized carbons (Fsp3) is 0.533. The summed E-state index contributed by atoms with van der Waals surface area (Å²) in [4.78, 5) is 13.4. The second-order valence-corrected chi connectivity index (χ2v) is 5.66. The molecule has 0 aromatic heterocycles. The van der Waals surface area contributed by atoms with Crippen LogP contribution in [0.3, 0.4) is 0 Å². The average Bonchev–Trinajstić information content (AvgIpc) is 2.99. The maximum atomic E-state index is 11.7. The lowest BCUT2D eigenvalue weighted by Gasteiger charge is -2.18. The first-order chi connectivity index (χ1) is 8.61. The quantitative estimate of drug-likeness (QED) is 0.883. The number of nitrogens with zero attached hydrogens (tertiary/aromatic N) is 1. The molecule has 0 spiro atoms. The molecule has 1 saturated carbocycles. The minimum absolute atomic E-state index is 0.197. The van der Waals surface area contributed by atoms with Crippen LogP contribution in [0.2, 0.25) is 0 Å². The molecule has 3 unspecified atom stereocenters. The van der Waals surface area contributed by atoms with Crippen molar-refractivity contribution >= 4 is 11.6 Å². The highest BCUT2D eigenvalue weighted by molar-refractivity contribution is 6.00. The summed E-state index contributed by atoms with van der Waals surface area (Å²) in [5.74, 6) is 1.77. The predicted octanol–water partition coefficient (Wildman–Crippen LogP) is 2.12. The summed E-state index contributed by atoms with van der Waals surface area (Å²) in [6, 6.07) is 6.90. The molecular weight excluding hydrogens is 224 g/mol. The second-order valence-electron chi connectivity index (χ2n) is 5.66. The van der Waals surface area contributed by atoms with Crippen molar-refractivity contribution < 1.29 is 4.79 Å². The van der Waals surface area contributed by atoms with Crippen molar-refractivity contribution in [3.63, 3.8) is 0 Å². The molecule has 96 valence electrons. The van der Waals surface area contributed by atoms with E-state index in [1.165, 1.54) is 17.5 Å². The van der Waals surface area contributed by atoms with Crippen LogP contribution in [-0.4, -0.2) is 20.0 Å². The lowest BCUT2D eigenvalue weighted by molar-refractivity contribution is -0.117. The minimum atomic E-state index is 0.197. The van der Waals surface area contributed by atoms with Gasteiger partial charge in [0.2, 0.25) is 5.91 Å². The Balaban J connectivity index is 1.91. The first-order valence-corrected chi connectivity index (χ1v) is 6.68. The van der Waals surface area contributed by atoms with Crippen LogP contribution in [0.1, 0.15) is 30.5 Å². The molecule has 1 amide bonds. The van der Waals surface area contributed by atoms with Gasteiger partial charge in [0.25, 0.3) is 0 Å². The Morgan fingerprint density at radius 1 is 1.44 bits per heavy atom. The normalized spacial score (nSPS) is 27.3. The molecule has 1 aromatic rings. The monoisotopic (exact) mass is 244 g/mol. The van der Waals surface area contributed by atoms with E-state index >= 15 is 0 Å². The molecule has 1 aromatic carbocycles. The fourth-order valence-electron chi connectivity index (χ4n) is 3.13. The molecule has 3 heteroatoms. The van der Waals surface area contributed by atoms with Gasteiger partial charge >= 0.3 is 0 Å². The van der Waals surface area contributed by atoms with Crippen molar-refractivity contribution in [3.8, 4) is 0 Å². The molecule has 3 rings (SSSR count). The van der Waals surface area contributed by atoms with Gasteiger partial charge in [-0.15, -0.1) is 0 Å². The molecule has 3 nitrogen and oxygen atoms in total. The van der Waals surface area contributed by atoms with Crippen LogP contribution in [0.5, 0.6) is 0 Å². The van der Waals surface area contributed by atoms with E-state index in [-0.39, 0.29) is 5.91 Å². The Kier molecular flexibility index (Phi) is 2.67. The van der Waals surface area contributed by atoms with Gasteiger partial charge in [0, 0.05) is 18.8 Å². The van der Waals surface area contributed by atoms with Gasteiger partial charge in [-0.25, -0.2) is 0 Å². The molecule has 1 aliphatic carbocycles. The molecule has 18 heavy (non-hydrogen) atoms. The lowest BCUT2D eigenvalue weighted by atomic mass is 9.98. The third kappa shape index (κ3) is 1.74. The zero-order valence-corrected chi connectivity index (χ0v) is 11.2. The Morgan fingerprint density at radius 2 is 2.17 bits per heavy atom. The van der Waals surface area contributed by atoms with Gasteiger partial charge in [-0.2, -0.15) is 0 Å². The summed E-state index contributed by atoms with van der Waals surface area (Å²) in [5, 5.41) is 3.43. The summed E-state index contributed by atoms with van der Waals surface area (Å²) in [6.45, 7) is 2.31. The Hall–Kier alpha value is -1.35. The molecule has 0 bridgehead atoms. The number of amides is 1. The highest BCUT2D eigenvalue weighted by Crippen LogP contribution is 2.47. The van der Waals surface area contributed by atoms with E-state index in [2.05, 4.69) is 30.4 Å². The smallest absolute Gasteiger partial charge is 0.231 e. The summed E-state index contributed by atoms with van der Waals surface area (Å²) >= 11 is 0. The summed E-state index contributed by atoms with van der Waals surface area (Å²) in [5.41, 5.74) is 3.57. The third-order valence-electron chi connectivity index (χ3n) is 4.45. The first kappa shape index (κ1) is 11.7. The maximum absolute atomic E-state index is 11.7. The molecule has 1 aliphatic heterocycles. The second kappa shape index (κ2) is 4.09. The highest BCUT2D eigenvalue weighted by Gasteiger charge is 2.39. The van der Waals surface area contributed by atoms with E-state index in [1.54, 1.807) is 4.90 Å². The van der Waals surface area contributed by atoms with Gasteiger partial charge in [-0.3, -0.25) is 4.79 Å². The van der Waals surface area contributed by atoms with E-state index in [9.17, 15) is 4.79 Å². The number of rotatable bonds is 3. The van der Waals surface area contributed by atoms with Crippen molar-refractivity contribution in [2.24, 2.45) is 11.8 Å². The van der Waals surface area contributed by atoms with Crippen molar-refractivity contribution in [2.75, 3.05) is 19.0 Å². The fourth-order valence-corrected chi connectivity index (χ4v) is 3.13. The predicted molar refractivity (Wildman–Crippen MR) is 72.6 cm³/mol. The van der Waals surface area contributed by atoms with E-state index in [1.807, 2.05) is 14.1 Å². The number of hydrogen-bond acceptors (Lipinski definition) is 2. The van der Waals surface area contributed by atoms with Crippen LogP contribution in [0, 0.1) is 11.8 Å². The van der Waals surface area contributed by atoms with Crippen molar-refractivity contribution in [2.45, 2.75) is 25.8 Å². The van der Waals surface area contributed by atoms with E-state index in [4.69, 9.17) is 0 Å². The van der Waals surface area contributed by atoms with Crippen LogP contribution in [0.15, 0.2) is 18.2 Å². The Labute approximate surface area is 108 Å². The molecule has 2 aliphatic rings. The van der Waals surface area contributed by atoms with Gasteiger partial charge in [-0.05, 0) is 42.5 Å². The topological polar surface area (TPSA) is 32.3 Å². The molecule has 1 heterocycles. The standard InChI is InChI=1S/C15H20N2O/c1-9-6-12(9)15(16-2)10-4-5-13-11(7-10)8-14(18)17(13)3/h4-5,7,9,12,15-16H,6,8H2,1-3H3. The minimum Gasteiger partial charge on any atom is -0.315 e. The van der Waals surface area contributed by atoms with Gasteiger partial charge in [0.05, 0.1) is 6.42 Å². The number of hydrogen-bond donors (Lipinski definition) is 1. The summed E-state index contributed by atoms with van der Waals surface area (Å²) in [6.07, 6.45) is 1.86. The van der Waals surface area contributed by atoms with Gasteiger partial charge in [0.15, 0.2) is 0 Å². The number of benzene rings is 1. The molecule has 1 fully saturated rings. The van der Waals surface area contributed by atoms with Crippen LogP contribution in [-0.2, 0) is 11.2 Å². The molecule has 3 atom stereocenters. The molecule has 0 saturated heterocycles. The maximum Gasteiger partial charge on any atom is 0.231 e. The largest absolute Gasteiger partial charge is 0.315 e. The zero-order chi connectivity index (χ0) is 12.9. The number of carbonyl (C=O) groups is 1. The van der Waals surface area contributed by atoms with Gasteiger partial charge < -0.3 is 10.2 Å². The first-order valence-electron chi connectivity index (χ1n) is 6.68. The van der Waals surface area contributed by atoms with Crippen LogP contribution < -0.4 is 10.2 Å². The number of fused-ring (bicyclic) bond motifs is 1. The molecule has 1 N–H and O–H groups in total. The highest BCUT2D eigenvalue weighted by atomic mass is 16.2. The average molecular weight is 244 g/mol. The number of nitrogens with one attached hydrogen (secondary N) is 1. The number of carbonyl (C=O) groups excluding carboxylic acids is 1. The lowest BCUT2D eigenvalue weighted by Crippen LogP contribution is -2.20. The zero-order valence-electron chi connectivity index (χ0n) is 11.2. The third-order valence-corrected chi connectivity index (χ3v) is 4.45. The van der Waals surface area contributed by atoms with Crippen LogP contribution in [0.4, 0.5) is 5.69 Å². The molecular formula is C15H20N2O. The van der Waals surface area contributed by atoms with Crippen molar-refractivity contribution in [1.82, 2.24) is 5.32 Å². The summed E-state index contributed by atoms with van der Waals surface area (Å²) < 4.78 is 0.